The molecule has 2 N–H and O–H groups in total. The zero-order valence-electron chi connectivity index (χ0n) is 16.4. The van der Waals surface area contributed by atoms with Crippen molar-refractivity contribution in [2.75, 3.05) is 5.73 Å². The van der Waals surface area contributed by atoms with Crippen molar-refractivity contribution in [3.05, 3.63) is 53.7 Å². The molecule has 3 heterocycles. The van der Waals surface area contributed by atoms with E-state index in [-0.39, 0.29) is 23.6 Å². The first-order valence-corrected chi connectivity index (χ1v) is 9.29. The van der Waals surface area contributed by atoms with Crippen LogP contribution in [0.3, 0.4) is 0 Å². The molecule has 3 aromatic heterocycles. The number of tetrazole rings is 1. The lowest BCUT2D eigenvalue weighted by atomic mass is 10.1. The van der Waals surface area contributed by atoms with Gasteiger partial charge in [-0.05, 0) is 35.5 Å². The smallest absolute Gasteiger partial charge is 0.314 e. The van der Waals surface area contributed by atoms with Crippen LogP contribution < -0.4 is 5.73 Å². The number of nitrogens with zero attached hydrogens (tertiary/aromatic N) is 8. The van der Waals surface area contributed by atoms with Crippen LogP contribution in [0, 0.1) is 5.82 Å². The van der Waals surface area contributed by atoms with E-state index in [1.54, 1.807) is 10.6 Å². The number of benzene rings is 2. The molecule has 162 valence electrons. The van der Waals surface area contributed by atoms with E-state index in [0.717, 1.165) is 11.6 Å². The molecule has 5 aromatic rings. The van der Waals surface area contributed by atoms with Gasteiger partial charge in [0.25, 0.3) is 5.89 Å². The van der Waals surface area contributed by atoms with Crippen LogP contribution in [-0.4, -0.2) is 40.0 Å². The molecular weight excluding hydrogens is 427 g/mol. The largest absolute Gasteiger partial charge is 0.415 e. The second kappa shape index (κ2) is 7.44. The van der Waals surface area contributed by atoms with Crippen LogP contribution in [0.5, 0.6) is 0 Å². The summed E-state index contributed by atoms with van der Waals surface area (Å²) in [6.07, 6.45) is -2.90. The van der Waals surface area contributed by atoms with Gasteiger partial charge < -0.3 is 14.7 Å². The number of rotatable bonds is 5. The van der Waals surface area contributed by atoms with Gasteiger partial charge in [-0.25, -0.2) is 9.37 Å². The summed E-state index contributed by atoms with van der Waals surface area (Å²) in [6.45, 7) is 0.00398. The quantitative estimate of drug-likeness (QED) is 0.441. The topological polar surface area (TPSA) is 126 Å². The van der Waals surface area contributed by atoms with Crippen molar-refractivity contribution in [1.82, 2.24) is 40.0 Å². The Balaban J connectivity index is 1.37. The molecule has 0 fully saturated rings. The Labute approximate surface area is 177 Å². The molecule has 0 aliphatic rings. The van der Waals surface area contributed by atoms with Gasteiger partial charge in [0, 0.05) is 23.7 Å². The third-order valence-electron chi connectivity index (χ3n) is 4.87. The molecule has 0 saturated heterocycles. The fourth-order valence-electron chi connectivity index (χ4n) is 3.18. The Kier molecular flexibility index (Phi) is 4.57. The number of nitrogens with two attached hydrogens (primary N) is 1. The molecule has 32 heavy (non-hydrogen) atoms. The minimum Gasteiger partial charge on any atom is -0.415 e. The van der Waals surface area contributed by atoms with Gasteiger partial charge in [0.1, 0.15) is 5.82 Å². The van der Waals surface area contributed by atoms with Crippen LogP contribution in [0.25, 0.3) is 33.9 Å². The number of nitrogen functional groups attached to an aromatic ring is 1. The summed E-state index contributed by atoms with van der Waals surface area (Å²) in [6, 6.07) is 9.53. The third-order valence-corrected chi connectivity index (χ3v) is 4.87. The molecule has 0 saturated carbocycles. The van der Waals surface area contributed by atoms with Gasteiger partial charge in [-0.1, -0.05) is 6.07 Å². The van der Waals surface area contributed by atoms with Crippen molar-refractivity contribution < 1.29 is 17.6 Å². The summed E-state index contributed by atoms with van der Waals surface area (Å²) >= 11 is 0. The molecule has 0 spiro atoms. The van der Waals surface area contributed by atoms with E-state index in [9.17, 15) is 13.2 Å². The average Bonchev–Trinajstić information content (AvgIpc) is 3.50. The van der Waals surface area contributed by atoms with E-state index in [1.807, 2.05) is 19.2 Å². The number of hydrogen-bond donors (Lipinski definition) is 1. The SMILES string of the molecule is Cn1c(N)nc2cc(-c3nnn(Cc4ccc(-c5nnc(C(F)F)o5)cc4F)n3)ccc21. The summed E-state index contributed by atoms with van der Waals surface area (Å²) in [5, 5.41) is 19.0. The molecule has 0 atom stereocenters. The highest BCUT2D eigenvalue weighted by Crippen LogP contribution is 2.25. The van der Waals surface area contributed by atoms with Gasteiger partial charge in [0.2, 0.25) is 17.7 Å². The van der Waals surface area contributed by atoms with Gasteiger partial charge >= 0.3 is 6.43 Å². The van der Waals surface area contributed by atoms with Crippen molar-refractivity contribution in [2.24, 2.45) is 7.05 Å². The van der Waals surface area contributed by atoms with Crippen LogP contribution in [0.1, 0.15) is 17.9 Å². The predicted molar refractivity (Wildman–Crippen MR) is 106 cm³/mol. The highest BCUT2D eigenvalue weighted by molar-refractivity contribution is 5.82. The zero-order valence-corrected chi connectivity index (χ0v) is 16.4. The van der Waals surface area contributed by atoms with Gasteiger partial charge in [-0.15, -0.1) is 20.4 Å². The van der Waals surface area contributed by atoms with Crippen LogP contribution in [0.15, 0.2) is 40.8 Å². The van der Waals surface area contributed by atoms with Crippen molar-refractivity contribution in [3.8, 4) is 22.8 Å². The molecule has 0 aliphatic carbocycles. The van der Waals surface area contributed by atoms with Crippen molar-refractivity contribution in [3.63, 3.8) is 0 Å². The first kappa shape index (κ1) is 19.7. The Morgan fingerprint density at radius 2 is 1.88 bits per heavy atom. The van der Waals surface area contributed by atoms with Crippen LogP contribution >= 0.6 is 0 Å². The van der Waals surface area contributed by atoms with Gasteiger partial charge in [-0.2, -0.15) is 13.6 Å². The van der Waals surface area contributed by atoms with E-state index in [4.69, 9.17) is 10.2 Å². The number of anilines is 1. The average molecular weight is 441 g/mol. The highest BCUT2D eigenvalue weighted by atomic mass is 19.3. The lowest BCUT2D eigenvalue weighted by molar-refractivity contribution is 0.116. The van der Waals surface area contributed by atoms with E-state index >= 15 is 0 Å². The van der Waals surface area contributed by atoms with E-state index in [1.165, 1.54) is 16.9 Å². The monoisotopic (exact) mass is 441 g/mol. The number of hydrogen-bond acceptors (Lipinski definition) is 8. The van der Waals surface area contributed by atoms with Crippen LogP contribution in [-0.2, 0) is 13.6 Å². The molecule has 2 aromatic carbocycles. The molecule has 10 nitrogen and oxygen atoms in total. The molecule has 0 amide bonds. The number of alkyl halides is 2. The molecule has 0 radical (unpaired) electrons. The number of fused-ring (bicyclic) bond motifs is 1. The summed E-state index contributed by atoms with van der Waals surface area (Å²) < 4.78 is 46.4. The molecular formula is C19H14F3N9O. The van der Waals surface area contributed by atoms with Crippen molar-refractivity contribution >= 4 is 17.0 Å². The Morgan fingerprint density at radius 1 is 1.06 bits per heavy atom. The fourth-order valence-corrected chi connectivity index (χ4v) is 3.18. The van der Waals surface area contributed by atoms with Crippen LogP contribution in [0.2, 0.25) is 0 Å². The number of aryl methyl sites for hydroxylation is 1. The summed E-state index contributed by atoms with van der Waals surface area (Å²) in [5.74, 6) is -0.895. The zero-order chi connectivity index (χ0) is 22.4. The summed E-state index contributed by atoms with van der Waals surface area (Å²) in [7, 11) is 1.81. The van der Waals surface area contributed by atoms with E-state index in [0.29, 0.717) is 22.9 Å². The highest BCUT2D eigenvalue weighted by Gasteiger charge is 2.18. The van der Waals surface area contributed by atoms with Gasteiger partial charge in [0.05, 0.1) is 17.6 Å². The second-order valence-electron chi connectivity index (χ2n) is 6.93. The maximum atomic E-state index is 14.6. The molecule has 0 unspecified atom stereocenters. The second-order valence-corrected chi connectivity index (χ2v) is 6.93. The van der Waals surface area contributed by atoms with E-state index < -0.39 is 18.1 Å². The number of halogens is 3. The lowest BCUT2D eigenvalue weighted by Crippen LogP contribution is -2.06. The van der Waals surface area contributed by atoms with Gasteiger partial charge in [0.15, 0.2) is 0 Å². The molecule has 0 aliphatic heterocycles. The standard InChI is InChI=1S/C19H14F3N9O/c1-30-14-5-4-9(7-13(14)24-19(30)23)16-25-29-31(28-16)8-11-3-2-10(6-12(11)20)17-26-27-18(32-17)15(21)22/h2-7,15H,8H2,1H3,(H2,23,24). The van der Waals surface area contributed by atoms with Crippen molar-refractivity contribution in [2.45, 2.75) is 13.0 Å². The first-order chi connectivity index (χ1) is 15.4. The summed E-state index contributed by atoms with van der Waals surface area (Å²) in [5.41, 5.74) is 8.51. The first-order valence-electron chi connectivity index (χ1n) is 9.29. The number of imidazole rings is 1. The molecule has 5 rings (SSSR count). The Morgan fingerprint density at radius 3 is 2.62 bits per heavy atom. The number of aromatic nitrogens is 8. The Bertz CT molecular complexity index is 1440. The third kappa shape index (κ3) is 3.42. The molecule has 13 heteroatoms. The fraction of sp³-hybridized carbons (Fsp3) is 0.158. The minimum atomic E-state index is -2.90. The van der Waals surface area contributed by atoms with Crippen LogP contribution in [0.4, 0.5) is 19.1 Å². The van der Waals surface area contributed by atoms with Gasteiger partial charge in [-0.3, -0.25) is 0 Å². The van der Waals surface area contributed by atoms with Crippen molar-refractivity contribution in [1.29, 1.82) is 0 Å². The predicted octanol–water partition coefficient (Wildman–Crippen LogP) is 2.98. The minimum absolute atomic E-state index is 0.00398. The Hall–Kier alpha value is -4.29. The normalized spacial score (nSPS) is 11.7. The maximum absolute atomic E-state index is 14.6. The maximum Gasteiger partial charge on any atom is 0.314 e. The van der Waals surface area contributed by atoms with E-state index in [2.05, 4.69) is 30.6 Å². The molecule has 0 bridgehead atoms. The summed E-state index contributed by atoms with van der Waals surface area (Å²) in [4.78, 5) is 5.52. The lowest BCUT2D eigenvalue weighted by Gasteiger charge is -2.03.